The van der Waals surface area contributed by atoms with Gasteiger partial charge in [0, 0.05) is 17.8 Å². The summed E-state index contributed by atoms with van der Waals surface area (Å²) in [6.45, 7) is 4.11. The van der Waals surface area contributed by atoms with E-state index in [1.54, 1.807) is 36.3 Å². The van der Waals surface area contributed by atoms with Crippen LogP contribution in [-0.4, -0.2) is 53.5 Å². The minimum Gasteiger partial charge on any atom is -0.497 e. The lowest BCUT2D eigenvalue weighted by Crippen LogP contribution is -2.57. The van der Waals surface area contributed by atoms with Gasteiger partial charge in [-0.15, -0.1) is 0 Å². The summed E-state index contributed by atoms with van der Waals surface area (Å²) in [5, 5.41) is 6.25. The largest absolute Gasteiger partial charge is 0.497 e. The lowest BCUT2D eigenvalue weighted by molar-refractivity contribution is -0.144. The van der Waals surface area contributed by atoms with Gasteiger partial charge in [-0.25, -0.2) is 0 Å². The first-order valence-electron chi connectivity index (χ1n) is 14.3. The molecule has 2 bridgehead atoms. The van der Waals surface area contributed by atoms with Crippen molar-refractivity contribution in [1.29, 1.82) is 0 Å². The number of carbonyl (C=O) groups excluding carboxylic acids is 3. The molecule has 1 saturated carbocycles. The topological polar surface area (TPSA) is 97.0 Å². The molecule has 8 atom stereocenters. The number of benzene rings is 2. The number of likely N-dealkylation sites (tertiary alicyclic amines) is 1. The molecular weight excluding hydrogens is 506 g/mol. The van der Waals surface area contributed by atoms with Crippen LogP contribution >= 0.6 is 0 Å². The predicted molar refractivity (Wildman–Crippen MR) is 150 cm³/mol. The number of ether oxygens (including phenoxy) is 2. The van der Waals surface area contributed by atoms with Crippen molar-refractivity contribution in [2.75, 3.05) is 12.4 Å². The van der Waals surface area contributed by atoms with Gasteiger partial charge >= 0.3 is 0 Å². The highest BCUT2D eigenvalue weighted by molar-refractivity contribution is 6.03. The first-order valence-corrected chi connectivity index (χ1v) is 14.3. The standard InChI is InChI=1S/C32H37N3O5/c1-19-10-7-8-15-24(19)34-30(37)28-32-17-16-25(40-32)26(29(36)33-22-13-9-14-23(18-22)39-3)27(32)31(38)35(28)20(2)21-11-5-4-6-12-21/h4-6,9,11-14,16-20,24-28H,7-8,10,15H2,1-3H3,(H,33,36)(H,34,37)/t19-,20+,24-,25+,26-,27+,28+,32+/m1/s1. The molecule has 3 heterocycles. The zero-order valence-electron chi connectivity index (χ0n) is 23.2. The second-order valence-corrected chi connectivity index (χ2v) is 11.6. The number of hydrogen-bond donors (Lipinski definition) is 2. The van der Waals surface area contributed by atoms with Crippen LogP contribution in [0, 0.1) is 17.8 Å². The first kappa shape index (κ1) is 26.6. The molecule has 2 N–H and O–H groups in total. The molecular formula is C32H37N3O5. The van der Waals surface area contributed by atoms with Gasteiger partial charge in [-0.1, -0.05) is 68.3 Å². The summed E-state index contributed by atoms with van der Waals surface area (Å²) in [5.41, 5.74) is 0.293. The Hall–Kier alpha value is -3.65. The van der Waals surface area contributed by atoms with E-state index in [1.807, 2.05) is 49.4 Å². The van der Waals surface area contributed by atoms with Crippen molar-refractivity contribution < 1.29 is 23.9 Å². The van der Waals surface area contributed by atoms with Gasteiger partial charge in [0.2, 0.25) is 17.7 Å². The van der Waals surface area contributed by atoms with Crippen LogP contribution in [0.25, 0.3) is 0 Å². The molecule has 1 aliphatic carbocycles. The van der Waals surface area contributed by atoms with Crippen LogP contribution in [0.1, 0.15) is 51.1 Å². The highest BCUT2D eigenvalue weighted by Crippen LogP contribution is 2.56. The van der Waals surface area contributed by atoms with Crippen molar-refractivity contribution in [1.82, 2.24) is 10.2 Å². The molecule has 40 heavy (non-hydrogen) atoms. The van der Waals surface area contributed by atoms with E-state index in [1.165, 1.54) is 0 Å². The van der Waals surface area contributed by atoms with Gasteiger partial charge < -0.3 is 25.0 Å². The van der Waals surface area contributed by atoms with Crippen molar-refractivity contribution in [2.24, 2.45) is 17.8 Å². The number of methoxy groups -OCH3 is 1. The fraction of sp³-hybridized carbons (Fsp3) is 0.469. The molecule has 3 fully saturated rings. The molecule has 6 rings (SSSR count). The van der Waals surface area contributed by atoms with Crippen molar-refractivity contribution in [3.63, 3.8) is 0 Å². The smallest absolute Gasteiger partial charge is 0.246 e. The molecule has 0 unspecified atom stereocenters. The minimum absolute atomic E-state index is 0.0513. The third-order valence-corrected chi connectivity index (χ3v) is 9.34. The number of nitrogens with one attached hydrogen (secondary N) is 2. The van der Waals surface area contributed by atoms with E-state index in [0.29, 0.717) is 17.4 Å². The number of rotatable bonds is 7. The summed E-state index contributed by atoms with van der Waals surface area (Å²) in [4.78, 5) is 43.9. The van der Waals surface area contributed by atoms with Gasteiger partial charge in [-0.05, 0) is 43.4 Å². The lowest BCUT2D eigenvalue weighted by Gasteiger charge is -2.38. The van der Waals surface area contributed by atoms with Crippen LogP contribution in [0.2, 0.25) is 0 Å². The van der Waals surface area contributed by atoms with Crippen LogP contribution in [0.4, 0.5) is 5.69 Å². The fourth-order valence-corrected chi connectivity index (χ4v) is 7.23. The molecule has 0 radical (unpaired) electrons. The summed E-state index contributed by atoms with van der Waals surface area (Å²) in [7, 11) is 1.57. The molecule has 8 nitrogen and oxygen atoms in total. The first-order chi connectivity index (χ1) is 19.3. The summed E-state index contributed by atoms with van der Waals surface area (Å²) in [6.07, 6.45) is 7.35. The average Bonchev–Trinajstić information content (AvgIpc) is 3.61. The number of hydrogen-bond acceptors (Lipinski definition) is 5. The molecule has 8 heteroatoms. The quantitative estimate of drug-likeness (QED) is 0.510. The second kappa shape index (κ2) is 10.4. The van der Waals surface area contributed by atoms with E-state index in [0.717, 1.165) is 31.2 Å². The molecule has 2 saturated heterocycles. The Balaban J connectivity index is 1.35. The summed E-state index contributed by atoms with van der Waals surface area (Å²) in [5.74, 6) is -1.34. The number of carbonyl (C=O) groups is 3. The van der Waals surface area contributed by atoms with Crippen LogP contribution in [0.3, 0.4) is 0 Å². The molecule has 1 spiro atoms. The number of amides is 3. The van der Waals surface area contributed by atoms with Crippen LogP contribution in [0.5, 0.6) is 5.75 Å². The van der Waals surface area contributed by atoms with Gasteiger partial charge in [0.15, 0.2) is 0 Å². The Kier molecular flexibility index (Phi) is 6.90. The van der Waals surface area contributed by atoms with Crippen LogP contribution in [0.15, 0.2) is 66.7 Å². The maximum Gasteiger partial charge on any atom is 0.246 e. The number of fused-ring (bicyclic) bond motifs is 1. The van der Waals surface area contributed by atoms with E-state index in [2.05, 4.69) is 17.6 Å². The van der Waals surface area contributed by atoms with Crippen molar-refractivity contribution in [3.8, 4) is 5.75 Å². The number of anilines is 1. The molecule has 0 aromatic heterocycles. The average molecular weight is 544 g/mol. The maximum atomic E-state index is 14.4. The Morgan fingerprint density at radius 3 is 2.60 bits per heavy atom. The van der Waals surface area contributed by atoms with Gasteiger partial charge in [0.1, 0.15) is 17.4 Å². The van der Waals surface area contributed by atoms with Crippen molar-refractivity contribution >= 4 is 23.4 Å². The molecule has 4 aliphatic rings. The Morgan fingerprint density at radius 1 is 1.07 bits per heavy atom. The lowest BCUT2D eigenvalue weighted by atomic mass is 9.74. The van der Waals surface area contributed by atoms with Crippen LogP contribution < -0.4 is 15.4 Å². The minimum atomic E-state index is -1.21. The molecule has 3 amide bonds. The van der Waals surface area contributed by atoms with E-state index in [-0.39, 0.29) is 29.8 Å². The number of nitrogens with zero attached hydrogens (tertiary/aromatic N) is 1. The van der Waals surface area contributed by atoms with Gasteiger partial charge in [-0.2, -0.15) is 0 Å². The third-order valence-electron chi connectivity index (χ3n) is 9.34. The Labute approximate surface area is 235 Å². The third kappa shape index (κ3) is 4.29. The van der Waals surface area contributed by atoms with Gasteiger partial charge in [-0.3, -0.25) is 14.4 Å². The normalized spacial score (nSPS) is 33.0. The predicted octanol–water partition coefficient (Wildman–Crippen LogP) is 4.24. The van der Waals surface area contributed by atoms with E-state index < -0.39 is 29.6 Å². The highest BCUT2D eigenvalue weighted by atomic mass is 16.5. The Morgan fingerprint density at radius 2 is 1.85 bits per heavy atom. The summed E-state index contributed by atoms with van der Waals surface area (Å²) < 4.78 is 11.8. The van der Waals surface area contributed by atoms with E-state index in [9.17, 15) is 14.4 Å². The molecule has 210 valence electrons. The monoisotopic (exact) mass is 543 g/mol. The zero-order valence-corrected chi connectivity index (χ0v) is 23.2. The maximum absolute atomic E-state index is 14.4. The molecule has 3 aliphatic heterocycles. The van der Waals surface area contributed by atoms with E-state index in [4.69, 9.17) is 9.47 Å². The van der Waals surface area contributed by atoms with Crippen LogP contribution in [-0.2, 0) is 19.1 Å². The summed E-state index contributed by atoms with van der Waals surface area (Å²) >= 11 is 0. The fourth-order valence-electron chi connectivity index (χ4n) is 7.23. The Bertz CT molecular complexity index is 1330. The SMILES string of the molecule is COc1cccc(NC(=O)[C@@H]2[C@@H]3C=C[C@]4(O3)[C@@H]2C(=O)N([C@@H](C)c2ccccc2)[C@H]4C(=O)N[C@@H]2CCCC[C@H]2C)c1. The molecule has 2 aromatic carbocycles. The van der Waals surface area contributed by atoms with E-state index >= 15 is 0 Å². The van der Waals surface area contributed by atoms with Crippen molar-refractivity contribution in [3.05, 3.63) is 72.3 Å². The summed E-state index contributed by atoms with van der Waals surface area (Å²) in [6, 6.07) is 15.6. The van der Waals surface area contributed by atoms with Crippen molar-refractivity contribution in [2.45, 2.75) is 69.4 Å². The highest BCUT2D eigenvalue weighted by Gasteiger charge is 2.73. The second-order valence-electron chi connectivity index (χ2n) is 11.6. The van der Waals surface area contributed by atoms with Gasteiger partial charge in [0.05, 0.1) is 31.1 Å². The molecule has 2 aromatic rings. The van der Waals surface area contributed by atoms with Gasteiger partial charge in [0.25, 0.3) is 0 Å². The zero-order chi connectivity index (χ0) is 28.0.